The molecule has 13 heteroatoms. The van der Waals surface area contributed by atoms with Gasteiger partial charge in [-0.1, -0.05) is 23.7 Å². The molecule has 3 atom stereocenters. The van der Waals surface area contributed by atoms with E-state index in [2.05, 4.69) is 15.5 Å². The lowest BCUT2D eigenvalue weighted by Gasteiger charge is -2.32. The van der Waals surface area contributed by atoms with Crippen LogP contribution in [-0.2, 0) is 27.2 Å². The quantitative estimate of drug-likeness (QED) is 0.174. The molecule has 4 bridgehead atoms. The van der Waals surface area contributed by atoms with Crippen LogP contribution < -0.4 is 33.6 Å². The maximum atomic E-state index is 13.9. The van der Waals surface area contributed by atoms with Crippen molar-refractivity contribution in [3.8, 4) is 16.9 Å². The van der Waals surface area contributed by atoms with Crippen molar-refractivity contribution in [3.05, 3.63) is 52.5 Å². The zero-order chi connectivity index (χ0) is 31.5. The molecule has 1 aliphatic heterocycles. The van der Waals surface area contributed by atoms with Crippen LogP contribution in [0.2, 0.25) is 5.02 Å². The van der Waals surface area contributed by atoms with Crippen molar-refractivity contribution >= 4 is 29.3 Å². The smallest absolute Gasteiger partial charge is 0.245 e. The van der Waals surface area contributed by atoms with Gasteiger partial charge < -0.3 is 43.6 Å². The van der Waals surface area contributed by atoms with Crippen molar-refractivity contribution in [2.45, 2.75) is 43.8 Å². The summed E-state index contributed by atoms with van der Waals surface area (Å²) in [7, 11) is 1.54. The Labute approximate surface area is 258 Å². The van der Waals surface area contributed by atoms with Crippen molar-refractivity contribution in [2.75, 3.05) is 52.9 Å². The van der Waals surface area contributed by atoms with Crippen LogP contribution in [0.25, 0.3) is 11.1 Å². The van der Waals surface area contributed by atoms with E-state index in [1.165, 1.54) is 4.90 Å². The molecule has 1 heterocycles. The van der Waals surface area contributed by atoms with E-state index in [9.17, 15) is 19.5 Å². The number of fused-ring (bicyclic) bond motifs is 5. The first-order chi connectivity index (χ1) is 20.6. The van der Waals surface area contributed by atoms with Gasteiger partial charge in [-0.05, 0) is 65.9 Å². The topological polar surface area (TPSA) is 206 Å². The van der Waals surface area contributed by atoms with E-state index in [4.69, 9.17) is 34.5 Å². The van der Waals surface area contributed by atoms with Crippen molar-refractivity contribution in [1.82, 2.24) is 20.4 Å². The van der Waals surface area contributed by atoms with E-state index in [0.717, 1.165) is 11.1 Å². The molecule has 3 rings (SSSR count). The highest BCUT2D eigenvalue weighted by molar-refractivity contribution is 6.31. The summed E-state index contributed by atoms with van der Waals surface area (Å²) in [5.74, 6) is -1.36. The van der Waals surface area contributed by atoms with Gasteiger partial charge in [-0.15, -0.1) is 0 Å². The average Bonchev–Trinajstić information content (AvgIpc) is 2.98. The highest BCUT2D eigenvalue weighted by Crippen LogP contribution is 2.31. The molecule has 0 radical (unpaired) electrons. The van der Waals surface area contributed by atoms with Crippen LogP contribution in [0.5, 0.6) is 5.75 Å². The Balaban J connectivity index is 2.02. The van der Waals surface area contributed by atoms with Crippen LogP contribution in [-0.4, -0.2) is 104 Å². The molecule has 236 valence electrons. The van der Waals surface area contributed by atoms with Gasteiger partial charge in [0.25, 0.3) is 0 Å². The van der Waals surface area contributed by atoms with Crippen LogP contribution in [0.3, 0.4) is 0 Å². The maximum Gasteiger partial charge on any atom is 0.245 e. The molecule has 11 N–H and O–H groups in total. The molecule has 1 aliphatic rings. The number of nitrogens with two attached hydrogens (primary N) is 4. The third-order valence-electron chi connectivity index (χ3n) is 7.70. The Morgan fingerprint density at radius 3 is 2.33 bits per heavy atom. The fourth-order valence-corrected chi connectivity index (χ4v) is 5.39. The van der Waals surface area contributed by atoms with Crippen LogP contribution >= 0.6 is 11.6 Å². The fraction of sp³-hybridized carbons (Fsp3) is 0.500. The van der Waals surface area contributed by atoms with Gasteiger partial charge in [-0.3, -0.25) is 19.3 Å². The minimum Gasteiger partial charge on any atom is -0.508 e. The molecule has 43 heavy (non-hydrogen) atoms. The summed E-state index contributed by atoms with van der Waals surface area (Å²) >= 11 is 6.63. The minimum atomic E-state index is -1.03. The molecule has 2 aromatic carbocycles. The number of halogens is 1. The molecule has 2 aromatic rings. The number of carbonyl (C=O) groups excluding carboxylic acids is 3. The molecule has 0 aromatic heterocycles. The number of amides is 3. The van der Waals surface area contributed by atoms with Crippen molar-refractivity contribution in [3.63, 3.8) is 0 Å². The number of phenolic OH excluding ortho intramolecular Hbond substituents is 1. The lowest BCUT2D eigenvalue weighted by molar-refractivity contribution is -0.142. The monoisotopic (exact) mass is 616 g/mol. The lowest BCUT2D eigenvalue weighted by Crippen LogP contribution is -2.57. The average molecular weight is 617 g/mol. The van der Waals surface area contributed by atoms with E-state index in [1.807, 2.05) is 12.1 Å². The Bertz CT molecular complexity index is 1260. The minimum absolute atomic E-state index is 0.00854. The van der Waals surface area contributed by atoms with Gasteiger partial charge in [0, 0.05) is 64.2 Å². The van der Waals surface area contributed by atoms with E-state index in [0.29, 0.717) is 68.4 Å². The fourth-order valence-electron chi connectivity index (χ4n) is 5.20. The predicted molar refractivity (Wildman–Crippen MR) is 168 cm³/mol. The number of nitrogens with one attached hydrogen (secondary N) is 2. The second-order valence-corrected chi connectivity index (χ2v) is 11.2. The Kier molecular flexibility index (Phi) is 13.2. The number of benzene rings is 2. The molecular weight excluding hydrogens is 572 g/mol. The lowest BCUT2D eigenvalue weighted by atomic mass is 9.95. The summed E-state index contributed by atoms with van der Waals surface area (Å²) in [6.07, 6.45) is 0.899. The van der Waals surface area contributed by atoms with Crippen molar-refractivity contribution in [1.29, 1.82) is 0 Å². The molecular formula is C30H45ClN8O4. The Morgan fingerprint density at radius 1 is 1.02 bits per heavy atom. The summed E-state index contributed by atoms with van der Waals surface area (Å²) in [6, 6.07) is 7.60. The van der Waals surface area contributed by atoms with Gasteiger partial charge in [0.05, 0.1) is 6.04 Å². The largest absolute Gasteiger partial charge is 0.508 e. The molecule has 12 nitrogen and oxygen atoms in total. The second-order valence-electron chi connectivity index (χ2n) is 10.8. The standard InChI is InChI=1S/C30H45ClN8O4/c1-38-26(29(42)36-11-14-39(12-9-33)13-10-34)18-21-15-19(4-6-23(21)31)20-5-7-27(40)22(16-20)17-24(35)28(41)37-25(30(38)43)3-2-8-32/h4-7,15-16,24-26,40H,2-3,8-14,17-18,32-35H2,1H3,(H,36,42)(H,37,41)/t24-,25-,26-/m0/s1. The highest BCUT2D eigenvalue weighted by atomic mass is 35.5. The number of hydrogen-bond acceptors (Lipinski definition) is 9. The number of rotatable bonds is 11. The van der Waals surface area contributed by atoms with E-state index in [1.54, 1.807) is 31.3 Å². The van der Waals surface area contributed by atoms with E-state index in [-0.39, 0.29) is 30.9 Å². The number of hydrogen-bond donors (Lipinski definition) is 7. The van der Waals surface area contributed by atoms with Crippen molar-refractivity contribution in [2.24, 2.45) is 22.9 Å². The highest BCUT2D eigenvalue weighted by Gasteiger charge is 2.33. The number of carbonyl (C=O) groups is 3. The molecule has 0 saturated heterocycles. The number of aromatic hydroxyl groups is 1. The molecule has 0 saturated carbocycles. The second kappa shape index (κ2) is 16.6. The Hall–Kier alpha value is -3.26. The zero-order valence-corrected chi connectivity index (χ0v) is 25.5. The summed E-state index contributed by atoms with van der Waals surface area (Å²) in [5.41, 5.74) is 26.1. The van der Waals surface area contributed by atoms with Gasteiger partial charge in [0.2, 0.25) is 17.7 Å². The first-order valence-electron chi connectivity index (χ1n) is 14.6. The SMILES string of the molecule is CN1C(=O)[C@H](CCCN)NC(=O)[C@@H](N)Cc2cc(ccc2O)-c2ccc(Cl)c(c2)C[C@H]1C(=O)NCCN(CCN)CCN. The maximum absolute atomic E-state index is 13.9. The third kappa shape index (κ3) is 9.36. The van der Waals surface area contributed by atoms with Gasteiger partial charge in [0.15, 0.2) is 0 Å². The predicted octanol–water partition coefficient (Wildman–Crippen LogP) is -0.475. The van der Waals surface area contributed by atoms with Gasteiger partial charge >= 0.3 is 0 Å². The zero-order valence-electron chi connectivity index (χ0n) is 24.7. The molecule has 0 unspecified atom stereocenters. The summed E-state index contributed by atoms with van der Waals surface area (Å²) in [5, 5.41) is 16.7. The van der Waals surface area contributed by atoms with Crippen LogP contribution in [0.4, 0.5) is 0 Å². The van der Waals surface area contributed by atoms with Gasteiger partial charge in [-0.2, -0.15) is 0 Å². The van der Waals surface area contributed by atoms with Crippen LogP contribution in [0.15, 0.2) is 36.4 Å². The van der Waals surface area contributed by atoms with E-state index >= 15 is 0 Å². The molecule has 3 amide bonds. The number of nitrogens with zero attached hydrogens (tertiary/aromatic N) is 2. The number of phenols is 1. The third-order valence-corrected chi connectivity index (χ3v) is 8.06. The van der Waals surface area contributed by atoms with E-state index < -0.39 is 29.9 Å². The van der Waals surface area contributed by atoms with Crippen LogP contribution in [0, 0.1) is 0 Å². The summed E-state index contributed by atoms with van der Waals surface area (Å²) < 4.78 is 0. The molecule has 0 fully saturated rings. The normalized spacial score (nSPS) is 19.5. The number of likely N-dealkylation sites (N-methyl/N-ethyl adjacent to an activating group) is 1. The van der Waals surface area contributed by atoms with Crippen LogP contribution in [0.1, 0.15) is 24.0 Å². The first-order valence-corrected chi connectivity index (χ1v) is 15.0. The van der Waals surface area contributed by atoms with Gasteiger partial charge in [0.1, 0.15) is 17.8 Å². The summed E-state index contributed by atoms with van der Waals surface area (Å²) in [6.45, 7) is 3.38. The van der Waals surface area contributed by atoms with Crippen molar-refractivity contribution < 1.29 is 19.5 Å². The molecule has 0 spiro atoms. The van der Waals surface area contributed by atoms with Gasteiger partial charge in [-0.25, -0.2) is 0 Å². The summed E-state index contributed by atoms with van der Waals surface area (Å²) in [4.78, 5) is 44.1. The Morgan fingerprint density at radius 2 is 1.67 bits per heavy atom. The molecule has 0 aliphatic carbocycles. The first kappa shape index (κ1) is 34.2.